The second kappa shape index (κ2) is 6.56. The molecule has 0 atom stereocenters. The third-order valence-corrected chi connectivity index (χ3v) is 3.36. The van der Waals surface area contributed by atoms with Crippen LogP contribution in [-0.4, -0.2) is 16.9 Å². The maximum absolute atomic E-state index is 10.7. The molecule has 0 radical (unpaired) electrons. The number of nitro groups is 1. The highest BCUT2D eigenvalue weighted by Gasteiger charge is 2.11. The van der Waals surface area contributed by atoms with E-state index in [1.165, 1.54) is 6.07 Å². The van der Waals surface area contributed by atoms with Crippen LogP contribution in [0.1, 0.15) is 11.1 Å². The Morgan fingerprint density at radius 2 is 1.71 bits per heavy atom. The van der Waals surface area contributed by atoms with E-state index in [0.29, 0.717) is 11.6 Å². The van der Waals surface area contributed by atoms with E-state index in [0.717, 1.165) is 17.7 Å². The van der Waals surface area contributed by atoms with Crippen molar-refractivity contribution in [2.24, 2.45) is 0 Å². The first-order valence-electron chi connectivity index (χ1n) is 6.41. The first-order valence-corrected chi connectivity index (χ1v) is 6.79. The molecule has 2 aromatic carbocycles. The molecule has 0 saturated heterocycles. The number of benzene rings is 2. The molecule has 0 spiro atoms. The normalized spacial score (nSPS) is 10.8. The van der Waals surface area contributed by atoms with Crippen molar-refractivity contribution in [1.82, 2.24) is 4.90 Å². The molecular weight excluding hydrogens is 290 g/mol. The molecular formula is C15H16ClN3O2. The van der Waals surface area contributed by atoms with Gasteiger partial charge in [0.15, 0.2) is 0 Å². The van der Waals surface area contributed by atoms with Gasteiger partial charge in [0.1, 0.15) is 5.69 Å². The average molecular weight is 306 g/mol. The predicted octanol–water partition coefficient (Wildman–Crippen LogP) is 3.46. The van der Waals surface area contributed by atoms with Gasteiger partial charge in [-0.05, 0) is 36.4 Å². The summed E-state index contributed by atoms with van der Waals surface area (Å²) in [6, 6.07) is 12.5. The van der Waals surface area contributed by atoms with Crippen molar-refractivity contribution in [2.45, 2.75) is 13.1 Å². The molecule has 0 aliphatic heterocycles. The van der Waals surface area contributed by atoms with E-state index >= 15 is 0 Å². The van der Waals surface area contributed by atoms with Crippen molar-refractivity contribution in [3.8, 4) is 0 Å². The highest BCUT2D eigenvalue weighted by molar-refractivity contribution is 6.30. The lowest BCUT2D eigenvalue weighted by molar-refractivity contribution is -0.383. The summed E-state index contributed by atoms with van der Waals surface area (Å²) in [6.07, 6.45) is 0. The molecule has 2 rings (SSSR count). The minimum absolute atomic E-state index is 0.0564. The van der Waals surface area contributed by atoms with Gasteiger partial charge in [0, 0.05) is 24.2 Å². The summed E-state index contributed by atoms with van der Waals surface area (Å²) in [6.45, 7) is 1.42. The lowest BCUT2D eigenvalue weighted by Gasteiger charge is -2.17. The largest absolute Gasteiger partial charge is 0.393 e. The second-order valence-electron chi connectivity index (χ2n) is 4.95. The Hall–Kier alpha value is -2.11. The molecule has 0 amide bonds. The number of hydrogen-bond donors (Lipinski definition) is 1. The summed E-state index contributed by atoms with van der Waals surface area (Å²) in [5, 5.41) is 11.4. The minimum Gasteiger partial charge on any atom is -0.393 e. The topological polar surface area (TPSA) is 72.4 Å². The van der Waals surface area contributed by atoms with Crippen LogP contribution < -0.4 is 5.73 Å². The van der Waals surface area contributed by atoms with Crippen molar-refractivity contribution in [3.05, 3.63) is 68.7 Å². The third-order valence-electron chi connectivity index (χ3n) is 3.11. The molecule has 0 aliphatic rings. The Labute approximate surface area is 128 Å². The van der Waals surface area contributed by atoms with Crippen LogP contribution in [0.2, 0.25) is 5.02 Å². The number of nitrogens with zero attached hydrogens (tertiary/aromatic N) is 2. The van der Waals surface area contributed by atoms with E-state index in [1.54, 1.807) is 12.1 Å². The van der Waals surface area contributed by atoms with Gasteiger partial charge in [-0.2, -0.15) is 0 Å². The van der Waals surface area contributed by atoms with Crippen LogP contribution in [0.3, 0.4) is 0 Å². The molecule has 0 saturated carbocycles. The van der Waals surface area contributed by atoms with Gasteiger partial charge >= 0.3 is 0 Å². The smallest absolute Gasteiger partial charge is 0.292 e. The van der Waals surface area contributed by atoms with Crippen molar-refractivity contribution >= 4 is 23.0 Å². The van der Waals surface area contributed by atoms with E-state index < -0.39 is 4.92 Å². The van der Waals surface area contributed by atoms with Crippen LogP contribution in [-0.2, 0) is 13.1 Å². The number of nitro benzene ring substituents is 1. The van der Waals surface area contributed by atoms with Crippen LogP contribution in [0.4, 0.5) is 11.4 Å². The summed E-state index contributed by atoms with van der Waals surface area (Å²) in [7, 11) is 1.98. The molecule has 6 heteroatoms. The highest BCUT2D eigenvalue weighted by atomic mass is 35.5. The number of hydrogen-bond acceptors (Lipinski definition) is 4. The lowest BCUT2D eigenvalue weighted by Crippen LogP contribution is -2.17. The van der Waals surface area contributed by atoms with Gasteiger partial charge in [0.25, 0.3) is 5.69 Å². The fourth-order valence-electron chi connectivity index (χ4n) is 2.14. The van der Waals surface area contributed by atoms with Gasteiger partial charge in [-0.3, -0.25) is 15.0 Å². The molecule has 0 aromatic heterocycles. The minimum atomic E-state index is -0.476. The monoisotopic (exact) mass is 305 g/mol. The Balaban J connectivity index is 2.02. The van der Waals surface area contributed by atoms with Crippen LogP contribution >= 0.6 is 11.6 Å². The van der Waals surface area contributed by atoms with E-state index in [1.807, 2.05) is 31.3 Å². The second-order valence-corrected chi connectivity index (χ2v) is 5.39. The zero-order valence-electron chi connectivity index (χ0n) is 11.6. The third kappa shape index (κ3) is 4.18. The summed E-state index contributed by atoms with van der Waals surface area (Å²) < 4.78 is 0. The maximum atomic E-state index is 10.7. The van der Waals surface area contributed by atoms with Gasteiger partial charge < -0.3 is 5.73 Å². The molecule has 0 fully saturated rings. The van der Waals surface area contributed by atoms with Crippen LogP contribution in [0.15, 0.2) is 42.5 Å². The molecule has 110 valence electrons. The van der Waals surface area contributed by atoms with Crippen molar-refractivity contribution in [1.29, 1.82) is 0 Å². The Kier molecular flexibility index (Phi) is 4.77. The number of anilines is 1. The molecule has 0 unspecified atom stereocenters. The molecule has 0 bridgehead atoms. The predicted molar refractivity (Wildman–Crippen MR) is 84.1 cm³/mol. The number of halogens is 1. The summed E-state index contributed by atoms with van der Waals surface area (Å²) in [4.78, 5) is 12.4. The van der Waals surface area contributed by atoms with Gasteiger partial charge in [-0.25, -0.2) is 0 Å². The van der Waals surface area contributed by atoms with E-state index in [2.05, 4.69) is 4.90 Å². The van der Waals surface area contributed by atoms with Gasteiger partial charge in [-0.1, -0.05) is 29.8 Å². The molecule has 21 heavy (non-hydrogen) atoms. The van der Waals surface area contributed by atoms with Gasteiger partial charge in [0.2, 0.25) is 0 Å². The SMILES string of the molecule is CN(Cc1ccc(Cl)cc1)Cc1ccc([N+](=O)[O-])c(N)c1. The van der Waals surface area contributed by atoms with Crippen molar-refractivity contribution in [2.75, 3.05) is 12.8 Å². The van der Waals surface area contributed by atoms with E-state index in [4.69, 9.17) is 17.3 Å². The standard InChI is InChI=1S/C15H16ClN3O2/c1-18(9-11-2-5-13(16)6-3-11)10-12-4-7-15(19(20)21)14(17)8-12/h2-8H,9-10,17H2,1H3. The fraction of sp³-hybridized carbons (Fsp3) is 0.200. The first-order chi connectivity index (χ1) is 9.95. The Morgan fingerprint density at radius 1 is 1.14 bits per heavy atom. The Bertz CT molecular complexity index is 644. The molecule has 5 nitrogen and oxygen atoms in total. The van der Waals surface area contributed by atoms with Crippen molar-refractivity contribution in [3.63, 3.8) is 0 Å². The Morgan fingerprint density at radius 3 is 2.29 bits per heavy atom. The fourth-order valence-corrected chi connectivity index (χ4v) is 2.26. The molecule has 0 heterocycles. The molecule has 2 aromatic rings. The van der Waals surface area contributed by atoms with Crippen LogP contribution in [0.5, 0.6) is 0 Å². The zero-order valence-corrected chi connectivity index (χ0v) is 12.4. The quantitative estimate of drug-likeness (QED) is 0.521. The van der Waals surface area contributed by atoms with E-state index in [-0.39, 0.29) is 11.4 Å². The summed E-state index contributed by atoms with van der Waals surface area (Å²) in [5.74, 6) is 0. The molecule has 0 aliphatic carbocycles. The first kappa shape index (κ1) is 15.3. The van der Waals surface area contributed by atoms with Gasteiger partial charge in [0.05, 0.1) is 4.92 Å². The number of nitrogen functional groups attached to an aromatic ring is 1. The summed E-state index contributed by atoms with van der Waals surface area (Å²) >= 11 is 5.85. The zero-order chi connectivity index (χ0) is 15.4. The number of rotatable bonds is 5. The molecule has 2 N–H and O–H groups in total. The van der Waals surface area contributed by atoms with Crippen LogP contribution in [0, 0.1) is 10.1 Å². The maximum Gasteiger partial charge on any atom is 0.292 e. The lowest BCUT2D eigenvalue weighted by atomic mass is 10.1. The average Bonchev–Trinajstić information content (AvgIpc) is 2.41. The van der Waals surface area contributed by atoms with Crippen LogP contribution in [0.25, 0.3) is 0 Å². The number of nitrogens with two attached hydrogens (primary N) is 1. The summed E-state index contributed by atoms with van der Waals surface area (Å²) in [5.41, 5.74) is 7.92. The van der Waals surface area contributed by atoms with Gasteiger partial charge in [-0.15, -0.1) is 0 Å². The highest BCUT2D eigenvalue weighted by Crippen LogP contribution is 2.23. The van der Waals surface area contributed by atoms with E-state index in [9.17, 15) is 10.1 Å². The van der Waals surface area contributed by atoms with Crippen molar-refractivity contribution < 1.29 is 4.92 Å².